The Labute approximate surface area is 165 Å². The number of hydrogen-bond donors (Lipinski definition) is 1. The summed E-state index contributed by atoms with van der Waals surface area (Å²) >= 11 is 17.9. The second-order valence-electron chi connectivity index (χ2n) is 5.60. The minimum absolute atomic E-state index is 0.186. The minimum atomic E-state index is -3.64. The minimum Gasteiger partial charge on any atom is -0.476 e. The van der Waals surface area contributed by atoms with Gasteiger partial charge in [0.15, 0.2) is 6.10 Å². The van der Waals surface area contributed by atoms with Gasteiger partial charge in [0.05, 0.1) is 34.2 Å². The molecule has 10 heteroatoms. The third-order valence-corrected chi connectivity index (χ3v) is 5.89. The first-order valence-corrected chi connectivity index (χ1v) is 10.3. The Morgan fingerprint density at radius 1 is 1.23 bits per heavy atom. The number of halogens is 3. The first-order valence-electron chi connectivity index (χ1n) is 7.35. The van der Waals surface area contributed by atoms with Crippen molar-refractivity contribution in [2.75, 3.05) is 22.4 Å². The van der Waals surface area contributed by atoms with E-state index in [9.17, 15) is 13.2 Å². The van der Waals surface area contributed by atoms with Gasteiger partial charge in [-0.15, -0.1) is 0 Å². The lowest BCUT2D eigenvalue weighted by atomic mass is 10.2. The van der Waals surface area contributed by atoms with Crippen molar-refractivity contribution in [2.24, 2.45) is 0 Å². The van der Waals surface area contributed by atoms with E-state index < -0.39 is 22.0 Å². The van der Waals surface area contributed by atoms with E-state index >= 15 is 0 Å². The molecule has 0 aliphatic carbocycles. The summed E-state index contributed by atoms with van der Waals surface area (Å²) in [4.78, 5) is 12.6. The van der Waals surface area contributed by atoms with Gasteiger partial charge in [-0.2, -0.15) is 0 Å². The summed E-state index contributed by atoms with van der Waals surface area (Å²) in [5.74, 6) is -0.313. The number of nitrogens with one attached hydrogen (secondary N) is 1. The number of sulfonamides is 1. The van der Waals surface area contributed by atoms with Crippen molar-refractivity contribution in [1.29, 1.82) is 0 Å². The zero-order valence-corrected chi connectivity index (χ0v) is 16.5. The Morgan fingerprint density at radius 3 is 2.65 bits per heavy atom. The number of rotatable bonds is 3. The standard InChI is InChI=1S/C16H13Cl3N2O4S/c1-26(23,24)21-8-14(25-13-6-5-9(17)7-12(13)21)16(22)20-11-4-2-3-10(18)15(11)19/h2-7,14H,8H2,1H3,(H,20,22)/t14-/m1/s1. The van der Waals surface area contributed by atoms with Gasteiger partial charge in [0.25, 0.3) is 5.91 Å². The zero-order valence-electron chi connectivity index (χ0n) is 13.4. The lowest BCUT2D eigenvalue weighted by Gasteiger charge is -2.34. The van der Waals surface area contributed by atoms with Gasteiger partial charge in [-0.3, -0.25) is 9.10 Å². The molecule has 1 aliphatic heterocycles. The number of hydrogen-bond acceptors (Lipinski definition) is 4. The Morgan fingerprint density at radius 2 is 1.96 bits per heavy atom. The molecule has 1 atom stereocenters. The number of nitrogens with zero attached hydrogens (tertiary/aromatic N) is 1. The number of ether oxygens (including phenoxy) is 1. The molecule has 1 aliphatic rings. The lowest BCUT2D eigenvalue weighted by molar-refractivity contribution is -0.122. The molecule has 138 valence electrons. The van der Waals surface area contributed by atoms with Crippen molar-refractivity contribution in [1.82, 2.24) is 0 Å². The van der Waals surface area contributed by atoms with Gasteiger partial charge in [-0.05, 0) is 30.3 Å². The van der Waals surface area contributed by atoms with Gasteiger partial charge < -0.3 is 10.1 Å². The molecular weight excluding hydrogens is 423 g/mol. The summed E-state index contributed by atoms with van der Waals surface area (Å²) in [7, 11) is -3.64. The molecule has 0 fully saturated rings. The van der Waals surface area contributed by atoms with Gasteiger partial charge in [-0.1, -0.05) is 40.9 Å². The molecule has 26 heavy (non-hydrogen) atoms. The Balaban J connectivity index is 1.91. The summed E-state index contributed by atoms with van der Waals surface area (Å²) in [6, 6.07) is 9.33. The molecule has 0 aromatic heterocycles. The molecule has 0 radical (unpaired) electrons. The van der Waals surface area contributed by atoms with E-state index in [1.807, 2.05) is 0 Å². The molecule has 2 aromatic rings. The van der Waals surface area contributed by atoms with E-state index in [1.54, 1.807) is 24.3 Å². The van der Waals surface area contributed by atoms with Crippen molar-refractivity contribution in [2.45, 2.75) is 6.10 Å². The highest BCUT2D eigenvalue weighted by atomic mass is 35.5. The highest BCUT2D eigenvalue weighted by molar-refractivity contribution is 7.92. The summed E-state index contributed by atoms with van der Waals surface area (Å²) in [6.45, 7) is -0.198. The van der Waals surface area contributed by atoms with E-state index in [4.69, 9.17) is 39.5 Å². The normalized spacial score (nSPS) is 16.6. The second-order valence-corrected chi connectivity index (χ2v) is 8.73. The molecule has 0 bridgehead atoms. The molecule has 2 aromatic carbocycles. The molecule has 3 rings (SSSR count). The van der Waals surface area contributed by atoms with Crippen molar-refractivity contribution in [3.8, 4) is 5.75 Å². The van der Waals surface area contributed by atoms with Crippen LogP contribution in [0.5, 0.6) is 5.75 Å². The molecule has 1 heterocycles. The molecule has 6 nitrogen and oxygen atoms in total. The highest BCUT2D eigenvalue weighted by Crippen LogP contribution is 2.37. The van der Waals surface area contributed by atoms with E-state index in [0.29, 0.717) is 10.7 Å². The van der Waals surface area contributed by atoms with Gasteiger partial charge in [0.1, 0.15) is 5.75 Å². The van der Waals surface area contributed by atoms with Crippen LogP contribution in [-0.4, -0.2) is 33.2 Å². The summed E-state index contributed by atoms with van der Waals surface area (Å²) in [5, 5.41) is 3.43. The van der Waals surface area contributed by atoms with Crippen molar-refractivity contribution in [3.05, 3.63) is 51.5 Å². The van der Waals surface area contributed by atoms with Crippen molar-refractivity contribution in [3.63, 3.8) is 0 Å². The number of fused-ring (bicyclic) bond motifs is 1. The molecule has 0 saturated heterocycles. The first-order chi connectivity index (χ1) is 12.2. The molecule has 0 saturated carbocycles. The van der Waals surface area contributed by atoms with Crippen LogP contribution in [0.25, 0.3) is 0 Å². The average molecular weight is 436 g/mol. The number of amides is 1. The molecule has 0 unspecified atom stereocenters. The van der Waals surface area contributed by atoms with E-state index in [-0.39, 0.29) is 28.0 Å². The topological polar surface area (TPSA) is 75.7 Å². The van der Waals surface area contributed by atoms with Crippen molar-refractivity contribution < 1.29 is 17.9 Å². The van der Waals surface area contributed by atoms with Crippen LogP contribution in [0.15, 0.2) is 36.4 Å². The number of carbonyl (C=O) groups excluding carboxylic acids is 1. The molecule has 1 N–H and O–H groups in total. The number of benzene rings is 2. The predicted molar refractivity (Wildman–Crippen MR) is 103 cm³/mol. The number of anilines is 2. The smallest absolute Gasteiger partial charge is 0.267 e. The maximum Gasteiger partial charge on any atom is 0.267 e. The quantitative estimate of drug-likeness (QED) is 0.795. The predicted octanol–water partition coefficient (Wildman–Crippen LogP) is 3.81. The maximum atomic E-state index is 12.6. The molecule has 0 spiro atoms. The van der Waals surface area contributed by atoms with Crippen LogP contribution in [-0.2, 0) is 14.8 Å². The van der Waals surface area contributed by atoms with E-state index in [1.165, 1.54) is 12.1 Å². The van der Waals surface area contributed by atoms with Gasteiger partial charge in [0.2, 0.25) is 10.0 Å². The van der Waals surface area contributed by atoms with Gasteiger partial charge >= 0.3 is 0 Å². The average Bonchev–Trinajstić information content (AvgIpc) is 2.57. The van der Waals surface area contributed by atoms with Crippen LogP contribution < -0.4 is 14.4 Å². The van der Waals surface area contributed by atoms with Gasteiger partial charge in [-0.25, -0.2) is 8.42 Å². The van der Waals surface area contributed by atoms with E-state index in [0.717, 1.165) is 10.6 Å². The summed E-state index contributed by atoms with van der Waals surface area (Å²) < 4.78 is 31.0. The van der Waals surface area contributed by atoms with Crippen LogP contribution in [0.4, 0.5) is 11.4 Å². The van der Waals surface area contributed by atoms with Crippen molar-refractivity contribution >= 4 is 62.1 Å². The van der Waals surface area contributed by atoms with Crippen LogP contribution >= 0.6 is 34.8 Å². The van der Waals surface area contributed by atoms with Crippen LogP contribution in [0.1, 0.15) is 0 Å². The van der Waals surface area contributed by atoms with Gasteiger partial charge in [0, 0.05) is 5.02 Å². The Bertz CT molecular complexity index is 981. The fraction of sp³-hybridized carbons (Fsp3) is 0.188. The molecule has 1 amide bonds. The van der Waals surface area contributed by atoms with Crippen LogP contribution in [0, 0.1) is 0 Å². The lowest BCUT2D eigenvalue weighted by Crippen LogP contribution is -2.48. The monoisotopic (exact) mass is 434 g/mol. The van der Waals surface area contributed by atoms with Crippen LogP contribution in [0.2, 0.25) is 15.1 Å². The van der Waals surface area contributed by atoms with E-state index in [2.05, 4.69) is 5.32 Å². The summed E-state index contributed by atoms with van der Waals surface area (Å²) in [6.07, 6.45) is -0.0281. The zero-order chi connectivity index (χ0) is 19.1. The third kappa shape index (κ3) is 3.86. The Hall–Kier alpha value is -1.67. The SMILES string of the molecule is CS(=O)(=O)N1C[C@H](C(=O)Nc2cccc(Cl)c2Cl)Oc2ccc(Cl)cc21. The largest absolute Gasteiger partial charge is 0.476 e. The number of carbonyl (C=O) groups is 1. The van der Waals surface area contributed by atoms with Crippen LogP contribution in [0.3, 0.4) is 0 Å². The Kier molecular flexibility index (Phi) is 5.25. The fourth-order valence-electron chi connectivity index (χ4n) is 2.49. The molecular formula is C16H13Cl3N2O4S. The third-order valence-electron chi connectivity index (χ3n) is 3.69. The fourth-order valence-corrected chi connectivity index (χ4v) is 3.91. The summed E-state index contributed by atoms with van der Waals surface area (Å²) in [5.41, 5.74) is 0.588. The highest BCUT2D eigenvalue weighted by Gasteiger charge is 2.35. The maximum absolute atomic E-state index is 12.6. The first kappa shape index (κ1) is 19.1. The second kappa shape index (κ2) is 7.15.